The molecule has 4 heterocycles. The summed E-state index contributed by atoms with van der Waals surface area (Å²) in [5.41, 5.74) is 10.3. The normalized spacial score (nSPS) is 24.6. The number of aromatic nitrogens is 4. The Labute approximate surface area is 235 Å². The molecule has 0 spiro atoms. The summed E-state index contributed by atoms with van der Waals surface area (Å²) in [7, 11) is 0. The van der Waals surface area contributed by atoms with E-state index in [4.69, 9.17) is 5.73 Å². The van der Waals surface area contributed by atoms with Crippen LogP contribution in [0.1, 0.15) is 74.8 Å². The zero-order chi connectivity index (χ0) is 28.0. The average Bonchev–Trinajstić information content (AvgIpc) is 3.46. The number of carbonyl (C=O) groups is 1. The third kappa shape index (κ3) is 5.01. The van der Waals surface area contributed by atoms with Crippen LogP contribution in [0.4, 0.5) is 11.8 Å². The van der Waals surface area contributed by atoms with Gasteiger partial charge < -0.3 is 26.0 Å². The Kier molecular flexibility index (Phi) is 6.92. The number of anilines is 2. The van der Waals surface area contributed by atoms with Crippen LogP contribution < -0.4 is 16.0 Å². The van der Waals surface area contributed by atoms with Crippen molar-refractivity contribution >= 4 is 17.7 Å². The molecule has 2 fully saturated rings. The van der Waals surface area contributed by atoms with Gasteiger partial charge in [0.05, 0.1) is 17.7 Å². The molecule has 10 heteroatoms. The van der Waals surface area contributed by atoms with Crippen molar-refractivity contribution in [1.29, 1.82) is 0 Å². The van der Waals surface area contributed by atoms with Gasteiger partial charge in [-0.2, -0.15) is 0 Å². The van der Waals surface area contributed by atoms with Crippen molar-refractivity contribution in [3.63, 3.8) is 0 Å². The highest BCUT2D eigenvalue weighted by Gasteiger charge is 2.41. The summed E-state index contributed by atoms with van der Waals surface area (Å²) in [6.07, 6.45) is 7.11. The number of fused-ring (bicyclic) bond motifs is 1. The molecule has 40 heavy (non-hydrogen) atoms. The maximum atomic E-state index is 14.2. The van der Waals surface area contributed by atoms with E-state index >= 15 is 0 Å². The third-order valence-corrected chi connectivity index (χ3v) is 8.77. The van der Waals surface area contributed by atoms with Crippen LogP contribution in [0.3, 0.4) is 0 Å². The van der Waals surface area contributed by atoms with Gasteiger partial charge in [0.25, 0.3) is 0 Å². The second kappa shape index (κ2) is 10.4. The Morgan fingerprint density at radius 1 is 1.05 bits per heavy atom. The first-order chi connectivity index (χ1) is 19.2. The fourth-order valence-corrected chi connectivity index (χ4v) is 6.62. The number of nitrogen functional groups attached to an aromatic ring is 1. The molecular weight excluding hydrogens is 504 g/mol. The Morgan fingerprint density at radius 2 is 1.75 bits per heavy atom. The summed E-state index contributed by atoms with van der Waals surface area (Å²) in [5, 5.41) is 14.2. The Hall–Kier alpha value is -3.63. The molecule has 3 aliphatic rings. The van der Waals surface area contributed by atoms with E-state index in [9.17, 15) is 9.90 Å². The fourth-order valence-electron chi connectivity index (χ4n) is 6.62. The molecule has 0 saturated carbocycles. The fraction of sp³-hybridized carbons (Fsp3) is 0.500. The molecule has 10 nitrogen and oxygen atoms in total. The van der Waals surface area contributed by atoms with E-state index in [-0.39, 0.29) is 35.3 Å². The van der Waals surface area contributed by atoms with Gasteiger partial charge in [0, 0.05) is 61.3 Å². The molecule has 0 radical (unpaired) electrons. The largest absolute Gasteiger partial charge is 0.387 e. The van der Waals surface area contributed by atoms with Crippen molar-refractivity contribution in [2.24, 2.45) is 0 Å². The third-order valence-electron chi connectivity index (χ3n) is 8.77. The predicted octanol–water partition coefficient (Wildman–Crippen LogP) is 3.02. The van der Waals surface area contributed by atoms with Crippen LogP contribution in [-0.2, 0) is 4.79 Å². The van der Waals surface area contributed by atoms with Crippen molar-refractivity contribution in [2.45, 2.75) is 69.6 Å². The molecule has 1 amide bonds. The maximum Gasteiger partial charge on any atom is 0.231 e. The van der Waals surface area contributed by atoms with Crippen molar-refractivity contribution < 1.29 is 9.90 Å². The molecule has 0 bridgehead atoms. The van der Waals surface area contributed by atoms with E-state index < -0.39 is 6.10 Å². The number of benzene rings is 1. The van der Waals surface area contributed by atoms with Gasteiger partial charge in [-0.05, 0) is 50.2 Å². The Morgan fingerprint density at radius 3 is 2.40 bits per heavy atom. The molecule has 0 unspecified atom stereocenters. The van der Waals surface area contributed by atoms with Crippen LogP contribution in [0.5, 0.6) is 0 Å². The topological polar surface area (TPSA) is 133 Å². The minimum Gasteiger partial charge on any atom is -0.387 e. The van der Waals surface area contributed by atoms with Gasteiger partial charge in [0.15, 0.2) is 0 Å². The highest BCUT2D eigenvalue weighted by atomic mass is 16.3. The number of carbonyl (C=O) groups excluding carboxylic acids is 1. The summed E-state index contributed by atoms with van der Waals surface area (Å²) in [4.78, 5) is 35.6. The van der Waals surface area contributed by atoms with E-state index in [1.165, 1.54) is 0 Å². The first-order valence-corrected chi connectivity index (χ1v) is 14.2. The van der Waals surface area contributed by atoms with Gasteiger partial charge in [0.1, 0.15) is 12.1 Å². The van der Waals surface area contributed by atoms with Crippen molar-refractivity contribution in [3.8, 4) is 11.1 Å². The van der Waals surface area contributed by atoms with Gasteiger partial charge in [-0.25, -0.2) is 19.9 Å². The standard InChI is InChI=1S/C30H38N8O2/c1-18-14-23(39)26-24(18)27(35-17-34-26)37-10-12-38(13-11-37)28(40)25(22-8-9-30(2,3)36-22)20-6-4-19(5-7-20)21-15-32-29(31)33-16-21/h4-7,15-18,22-23,25,36,39H,8-14H2,1-3H3,(H2,31,32,33)/t18-,22+,23-,25+/m1/s1. The van der Waals surface area contributed by atoms with Crippen LogP contribution in [0.15, 0.2) is 43.0 Å². The molecule has 2 saturated heterocycles. The number of aliphatic hydroxyl groups excluding tert-OH is 1. The first kappa shape index (κ1) is 26.6. The summed E-state index contributed by atoms with van der Waals surface area (Å²) >= 11 is 0. The maximum absolute atomic E-state index is 14.2. The van der Waals surface area contributed by atoms with Crippen LogP contribution in [0.25, 0.3) is 11.1 Å². The van der Waals surface area contributed by atoms with E-state index in [0.29, 0.717) is 32.6 Å². The van der Waals surface area contributed by atoms with E-state index in [0.717, 1.165) is 46.6 Å². The van der Waals surface area contributed by atoms with E-state index in [2.05, 4.69) is 63.1 Å². The number of hydrogen-bond donors (Lipinski definition) is 3. The second-order valence-electron chi connectivity index (χ2n) is 12.1. The molecule has 210 valence electrons. The minimum atomic E-state index is -0.530. The van der Waals surface area contributed by atoms with Crippen molar-refractivity contribution in [1.82, 2.24) is 30.2 Å². The summed E-state index contributed by atoms with van der Waals surface area (Å²) < 4.78 is 0. The number of nitrogens with two attached hydrogens (primary N) is 1. The summed E-state index contributed by atoms with van der Waals surface area (Å²) in [5.74, 6) is 1.25. The van der Waals surface area contributed by atoms with Gasteiger partial charge in [-0.15, -0.1) is 0 Å². The quantitative estimate of drug-likeness (QED) is 0.445. The average molecular weight is 543 g/mol. The van der Waals surface area contributed by atoms with Crippen LogP contribution in [-0.4, -0.2) is 73.6 Å². The first-order valence-electron chi connectivity index (χ1n) is 14.2. The van der Waals surface area contributed by atoms with Crippen LogP contribution >= 0.6 is 0 Å². The number of rotatable bonds is 5. The number of piperazine rings is 1. The molecule has 2 aromatic heterocycles. The van der Waals surface area contributed by atoms with Gasteiger partial charge in [0.2, 0.25) is 11.9 Å². The lowest BCUT2D eigenvalue weighted by Crippen LogP contribution is -2.53. The molecule has 3 aromatic rings. The molecule has 4 atom stereocenters. The van der Waals surface area contributed by atoms with Gasteiger partial charge >= 0.3 is 0 Å². The highest BCUT2D eigenvalue weighted by molar-refractivity contribution is 5.85. The number of amides is 1. The molecule has 2 aliphatic heterocycles. The molecule has 4 N–H and O–H groups in total. The lowest BCUT2D eigenvalue weighted by atomic mass is 9.88. The lowest BCUT2D eigenvalue weighted by molar-refractivity contribution is -0.133. The zero-order valence-corrected chi connectivity index (χ0v) is 23.4. The monoisotopic (exact) mass is 542 g/mol. The lowest BCUT2D eigenvalue weighted by Gasteiger charge is -2.39. The van der Waals surface area contributed by atoms with E-state index in [1.54, 1.807) is 18.7 Å². The summed E-state index contributed by atoms with van der Waals surface area (Å²) in [6.45, 7) is 9.18. The molecule has 1 aliphatic carbocycles. The minimum absolute atomic E-state index is 0.00219. The van der Waals surface area contributed by atoms with Gasteiger partial charge in [-0.3, -0.25) is 4.79 Å². The Balaban J connectivity index is 1.21. The smallest absolute Gasteiger partial charge is 0.231 e. The Bertz CT molecular complexity index is 1370. The summed E-state index contributed by atoms with van der Waals surface area (Å²) in [6, 6.07) is 8.27. The van der Waals surface area contributed by atoms with Crippen LogP contribution in [0, 0.1) is 0 Å². The number of hydrogen-bond acceptors (Lipinski definition) is 9. The zero-order valence-electron chi connectivity index (χ0n) is 23.4. The molecular formula is C30H38N8O2. The number of aliphatic hydroxyl groups is 1. The van der Waals surface area contributed by atoms with Gasteiger partial charge in [-0.1, -0.05) is 31.2 Å². The van der Waals surface area contributed by atoms with E-state index in [1.807, 2.05) is 17.0 Å². The SMILES string of the molecule is C[C@@H]1C[C@@H](O)c2ncnc(N3CCN(C(=O)[C@@H](c4ccc(-c5cnc(N)nc5)cc4)[C@@H]4CCC(C)(C)N4)CC3)c21. The molecule has 1 aromatic carbocycles. The highest BCUT2D eigenvalue weighted by Crippen LogP contribution is 2.43. The number of nitrogens with zero attached hydrogens (tertiary/aromatic N) is 6. The van der Waals surface area contributed by atoms with Crippen LogP contribution in [0.2, 0.25) is 0 Å². The van der Waals surface area contributed by atoms with Crippen molar-refractivity contribution in [3.05, 3.63) is 59.8 Å². The van der Waals surface area contributed by atoms with Crippen molar-refractivity contribution in [2.75, 3.05) is 36.8 Å². The predicted molar refractivity (Wildman–Crippen MR) is 154 cm³/mol. The molecule has 6 rings (SSSR count). The number of nitrogens with one attached hydrogen (secondary N) is 1. The second-order valence-corrected chi connectivity index (χ2v) is 12.1.